The third kappa shape index (κ3) is 3.38. The molecule has 23 heavy (non-hydrogen) atoms. The maximum atomic E-state index is 12.9. The molecule has 0 radical (unpaired) electrons. The topological polar surface area (TPSA) is 61.7 Å². The normalized spacial score (nSPS) is 18.3. The van der Waals surface area contributed by atoms with E-state index in [1.54, 1.807) is 13.8 Å². The number of amides is 1. The van der Waals surface area contributed by atoms with Gasteiger partial charge in [0.15, 0.2) is 0 Å². The zero-order chi connectivity index (χ0) is 17.4. The van der Waals surface area contributed by atoms with Gasteiger partial charge in [-0.2, -0.15) is 13.2 Å². The summed E-state index contributed by atoms with van der Waals surface area (Å²) in [6.07, 6.45) is -4.46. The molecule has 0 bridgehead atoms. The van der Waals surface area contributed by atoms with Crippen molar-refractivity contribution in [2.45, 2.75) is 39.0 Å². The van der Waals surface area contributed by atoms with E-state index in [1.165, 1.54) is 25.1 Å². The minimum atomic E-state index is -4.46. The molecule has 1 heterocycles. The molecule has 124 valence electrons. The summed E-state index contributed by atoms with van der Waals surface area (Å²) in [6.45, 7) is 4.51. The number of carbonyl (C=O) groups is 1. The minimum Gasteiger partial charge on any atom is -0.509 e. The van der Waals surface area contributed by atoms with E-state index in [-0.39, 0.29) is 29.2 Å². The number of nitrogens with zero attached hydrogens (tertiary/aromatic N) is 1. The van der Waals surface area contributed by atoms with Gasteiger partial charge in [0, 0.05) is 5.71 Å². The molecule has 1 amide bonds. The van der Waals surface area contributed by atoms with E-state index in [4.69, 9.17) is 0 Å². The van der Waals surface area contributed by atoms with Crippen molar-refractivity contribution in [3.63, 3.8) is 0 Å². The van der Waals surface area contributed by atoms with Crippen LogP contribution in [-0.2, 0) is 17.5 Å². The molecule has 4 nitrogen and oxygen atoms in total. The Kier molecular flexibility index (Phi) is 4.24. The summed E-state index contributed by atoms with van der Waals surface area (Å²) in [7, 11) is 0. The molecule has 2 N–H and O–H groups in total. The summed E-state index contributed by atoms with van der Waals surface area (Å²) < 4.78 is 38.8. The lowest BCUT2D eigenvalue weighted by Crippen LogP contribution is -2.38. The van der Waals surface area contributed by atoms with Gasteiger partial charge in [0.25, 0.3) is 5.91 Å². The van der Waals surface area contributed by atoms with E-state index in [2.05, 4.69) is 10.3 Å². The molecule has 1 aliphatic heterocycles. The van der Waals surface area contributed by atoms with Gasteiger partial charge in [-0.05, 0) is 32.4 Å². The molecule has 0 saturated carbocycles. The number of nitrogens with one attached hydrogen (secondary N) is 1. The predicted molar refractivity (Wildman–Crippen MR) is 80.1 cm³/mol. The molecule has 0 spiro atoms. The van der Waals surface area contributed by atoms with Gasteiger partial charge in [-0.1, -0.05) is 18.2 Å². The van der Waals surface area contributed by atoms with Crippen molar-refractivity contribution < 1.29 is 23.1 Å². The summed E-state index contributed by atoms with van der Waals surface area (Å²) in [5.74, 6) is -0.647. The van der Waals surface area contributed by atoms with Gasteiger partial charge in [0.1, 0.15) is 5.76 Å². The largest absolute Gasteiger partial charge is 0.509 e. The summed E-state index contributed by atoms with van der Waals surface area (Å²) in [4.78, 5) is 15.9. The molecule has 0 aliphatic carbocycles. The fourth-order valence-corrected chi connectivity index (χ4v) is 2.38. The van der Waals surface area contributed by atoms with Crippen LogP contribution >= 0.6 is 0 Å². The molecule has 1 aromatic rings. The molecule has 7 heteroatoms. The number of halogens is 3. The summed E-state index contributed by atoms with van der Waals surface area (Å²) in [5, 5.41) is 12.7. The molecular formula is C16H17F3N2O2. The minimum absolute atomic E-state index is 0.0112. The third-order valence-corrected chi connectivity index (χ3v) is 3.65. The Bertz CT molecular complexity index is 704. The molecular weight excluding hydrogens is 309 g/mol. The molecule has 1 aliphatic rings. The number of carbonyl (C=O) groups excluding carboxylic acids is 1. The second-order valence-corrected chi connectivity index (χ2v) is 5.86. The van der Waals surface area contributed by atoms with Crippen LogP contribution in [0.4, 0.5) is 13.2 Å². The number of hydrogen-bond donors (Lipinski definition) is 2. The van der Waals surface area contributed by atoms with E-state index in [1.807, 2.05) is 0 Å². The number of rotatable bonds is 3. The summed E-state index contributed by atoms with van der Waals surface area (Å²) in [5.41, 5.74) is -1.45. The Balaban J connectivity index is 2.32. The highest BCUT2D eigenvalue weighted by Crippen LogP contribution is 2.32. The summed E-state index contributed by atoms with van der Waals surface area (Å²) >= 11 is 0. The highest BCUT2D eigenvalue weighted by molar-refractivity contribution is 6.23. The van der Waals surface area contributed by atoms with Crippen LogP contribution in [0.2, 0.25) is 0 Å². The number of alkyl halides is 3. The first-order valence-corrected chi connectivity index (χ1v) is 6.97. The van der Waals surface area contributed by atoms with Crippen molar-refractivity contribution in [1.82, 2.24) is 5.32 Å². The molecule has 0 atom stereocenters. The van der Waals surface area contributed by atoms with Crippen molar-refractivity contribution in [2.75, 3.05) is 0 Å². The second kappa shape index (κ2) is 5.72. The number of hydrogen-bond acceptors (Lipinski definition) is 3. The fraction of sp³-hybridized carbons (Fsp3) is 0.375. The lowest BCUT2D eigenvalue weighted by molar-refractivity contribution is -0.138. The van der Waals surface area contributed by atoms with Crippen LogP contribution in [0, 0.1) is 0 Å². The zero-order valence-corrected chi connectivity index (χ0v) is 13.0. The van der Waals surface area contributed by atoms with Gasteiger partial charge in [-0.3, -0.25) is 9.79 Å². The van der Waals surface area contributed by atoms with Crippen LogP contribution in [0.1, 0.15) is 31.9 Å². The third-order valence-electron chi connectivity index (χ3n) is 3.65. The SMILES string of the molecule is CC(=NCc1ccccc1C(F)(F)F)C1=C(O)C(C)(C)NC1=O. The van der Waals surface area contributed by atoms with Gasteiger partial charge in [-0.15, -0.1) is 0 Å². The van der Waals surface area contributed by atoms with E-state index in [0.717, 1.165) is 6.07 Å². The maximum Gasteiger partial charge on any atom is 0.416 e. The van der Waals surface area contributed by atoms with Crippen LogP contribution in [0.5, 0.6) is 0 Å². The summed E-state index contributed by atoms with van der Waals surface area (Å²) in [6, 6.07) is 5.14. The number of benzene rings is 1. The highest BCUT2D eigenvalue weighted by atomic mass is 19.4. The quantitative estimate of drug-likeness (QED) is 0.837. The number of aliphatic hydroxyl groups is 1. The Morgan fingerprint density at radius 2 is 1.91 bits per heavy atom. The number of aliphatic hydroxyl groups excluding tert-OH is 1. The first-order valence-electron chi connectivity index (χ1n) is 6.97. The molecule has 0 aromatic heterocycles. The van der Waals surface area contributed by atoms with E-state index in [0.29, 0.717) is 0 Å². The van der Waals surface area contributed by atoms with Crippen molar-refractivity contribution in [3.05, 3.63) is 46.7 Å². The van der Waals surface area contributed by atoms with Crippen LogP contribution < -0.4 is 5.32 Å². The van der Waals surface area contributed by atoms with Gasteiger partial charge < -0.3 is 10.4 Å². The van der Waals surface area contributed by atoms with Gasteiger partial charge in [0.05, 0.1) is 23.2 Å². The van der Waals surface area contributed by atoms with Crippen LogP contribution in [0.15, 0.2) is 40.6 Å². The van der Waals surface area contributed by atoms with E-state index >= 15 is 0 Å². The molecule has 2 rings (SSSR count). The molecule has 0 saturated heterocycles. The van der Waals surface area contributed by atoms with Crippen molar-refractivity contribution in [1.29, 1.82) is 0 Å². The average molecular weight is 326 g/mol. The van der Waals surface area contributed by atoms with Crippen LogP contribution in [0.3, 0.4) is 0 Å². The molecule has 0 fully saturated rings. The van der Waals surface area contributed by atoms with Crippen LogP contribution in [0.25, 0.3) is 0 Å². The fourth-order valence-electron chi connectivity index (χ4n) is 2.38. The van der Waals surface area contributed by atoms with E-state index < -0.39 is 23.2 Å². The molecule has 0 unspecified atom stereocenters. The lowest BCUT2D eigenvalue weighted by atomic mass is 10.0. The first kappa shape index (κ1) is 17.1. The zero-order valence-electron chi connectivity index (χ0n) is 13.0. The van der Waals surface area contributed by atoms with Gasteiger partial charge in [-0.25, -0.2) is 0 Å². The smallest absolute Gasteiger partial charge is 0.416 e. The van der Waals surface area contributed by atoms with Crippen molar-refractivity contribution in [2.24, 2.45) is 4.99 Å². The monoisotopic (exact) mass is 326 g/mol. The first-order chi connectivity index (χ1) is 10.5. The highest BCUT2D eigenvalue weighted by Gasteiger charge is 2.39. The Labute approximate surface area is 131 Å². The number of aliphatic imine (C=N–C) groups is 1. The standard InChI is InChI=1S/C16H17F3N2O2/c1-9(12-13(22)15(2,3)21-14(12)23)20-8-10-6-4-5-7-11(10)16(17,18)19/h4-7,22H,8H2,1-3H3,(H,21,23). The second-order valence-electron chi connectivity index (χ2n) is 5.86. The van der Waals surface area contributed by atoms with Gasteiger partial charge in [0.2, 0.25) is 0 Å². The lowest BCUT2D eigenvalue weighted by Gasteiger charge is -2.17. The predicted octanol–water partition coefficient (Wildman–Crippen LogP) is 3.39. The van der Waals surface area contributed by atoms with Crippen molar-refractivity contribution in [3.8, 4) is 0 Å². The Morgan fingerprint density at radius 3 is 2.43 bits per heavy atom. The van der Waals surface area contributed by atoms with Crippen molar-refractivity contribution >= 4 is 11.6 Å². The maximum absolute atomic E-state index is 12.9. The van der Waals surface area contributed by atoms with Crippen LogP contribution in [-0.4, -0.2) is 22.3 Å². The van der Waals surface area contributed by atoms with E-state index in [9.17, 15) is 23.1 Å². The van der Waals surface area contributed by atoms with Gasteiger partial charge >= 0.3 is 6.18 Å². The Morgan fingerprint density at radius 1 is 1.30 bits per heavy atom. The Hall–Kier alpha value is -2.31. The average Bonchev–Trinajstić information content (AvgIpc) is 2.64. The molecule has 1 aromatic carbocycles.